The molecule has 1 aromatic rings. The number of alkyl halides is 3. The molecule has 1 saturated heterocycles. The van der Waals surface area contributed by atoms with Crippen LogP contribution in [0.1, 0.15) is 12.0 Å². The van der Waals surface area contributed by atoms with Crippen LogP contribution < -0.4 is 4.72 Å². The number of nitrogens with one attached hydrogen (secondary N) is 1. The second-order valence-corrected chi connectivity index (χ2v) is 7.79. The number of aliphatic carboxylic acids is 1. The second kappa shape index (κ2) is 7.41. The highest BCUT2D eigenvalue weighted by atomic mass is 35.5. The minimum absolute atomic E-state index is 0.0825. The molecule has 144 valence electrons. The summed E-state index contributed by atoms with van der Waals surface area (Å²) in [5, 5.41) is 8.69. The molecular formula is C14H14ClF3N2O5S. The molecule has 12 heteroatoms. The van der Waals surface area contributed by atoms with Crippen LogP contribution in [0.3, 0.4) is 0 Å². The van der Waals surface area contributed by atoms with Gasteiger partial charge in [0, 0.05) is 31.1 Å². The summed E-state index contributed by atoms with van der Waals surface area (Å²) in [7, 11) is -4.54. The fourth-order valence-corrected chi connectivity index (χ4v) is 4.01. The number of carbonyl (C=O) groups is 2. The number of hydrogen-bond donors (Lipinski definition) is 2. The number of carbonyl (C=O) groups excluding carboxylic acids is 1. The van der Waals surface area contributed by atoms with Crippen LogP contribution in [0.5, 0.6) is 0 Å². The van der Waals surface area contributed by atoms with Gasteiger partial charge >= 0.3 is 12.1 Å². The van der Waals surface area contributed by atoms with Crippen LogP contribution in [0, 0.1) is 5.92 Å². The Hall–Kier alpha value is -1.85. The molecule has 1 unspecified atom stereocenters. The molecule has 1 heterocycles. The molecule has 0 saturated carbocycles. The van der Waals surface area contributed by atoms with Crippen molar-refractivity contribution in [3.8, 4) is 0 Å². The molecule has 1 aromatic carbocycles. The zero-order valence-electron chi connectivity index (χ0n) is 13.1. The van der Waals surface area contributed by atoms with Crippen LogP contribution in [0.15, 0.2) is 23.1 Å². The van der Waals surface area contributed by atoms with E-state index in [9.17, 15) is 31.2 Å². The van der Waals surface area contributed by atoms with Crippen LogP contribution in [-0.2, 0) is 25.8 Å². The summed E-state index contributed by atoms with van der Waals surface area (Å²) in [6, 6.07) is 2.19. The third kappa shape index (κ3) is 4.65. The van der Waals surface area contributed by atoms with Gasteiger partial charge in [0.2, 0.25) is 15.9 Å². The molecule has 1 amide bonds. The van der Waals surface area contributed by atoms with Crippen LogP contribution in [0.4, 0.5) is 13.2 Å². The number of likely N-dealkylation sites (tertiary alicyclic amines) is 1. The first kappa shape index (κ1) is 20.5. The predicted octanol–water partition coefficient (Wildman–Crippen LogP) is 1.57. The highest BCUT2D eigenvalue weighted by Crippen LogP contribution is 2.35. The van der Waals surface area contributed by atoms with Crippen molar-refractivity contribution in [2.45, 2.75) is 17.5 Å². The number of sulfonamides is 1. The Bertz CT molecular complexity index is 828. The van der Waals surface area contributed by atoms with Crippen molar-refractivity contribution < 1.29 is 36.3 Å². The minimum atomic E-state index is -4.89. The van der Waals surface area contributed by atoms with E-state index in [4.69, 9.17) is 16.7 Å². The van der Waals surface area contributed by atoms with Gasteiger partial charge in [0.05, 0.1) is 16.4 Å². The Balaban J connectivity index is 2.10. The number of amides is 1. The molecule has 7 nitrogen and oxygen atoms in total. The standard InChI is InChI=1S/C14H14ClF3N2O5S/c15-9-1-2-10(14(16,17)18)11(6-9)26(24,25)19-3-4-20-7-8(13(22)23)5-12(20)21/h1-2,6,8,19H,3-5,7H2,(H,22,23). The molecule has 1 aliphatic heterocycles. The fraction of sp³-hybridized carbons (Fsp3) is 0.429. The molecule has 0 bridgehead atoms. The van der Waals surface area contributed by atoms with Gasteiger partial charge in [-0.05, 0) is 18.2 Å². The van der Waals surface area contributed by atoms with E-state index in [2.05, 4.69) is 0 Å². The van der Waals surface area contributed by atoms with Crippen molar-refractivity contribution in [2.75, 3.05) is 19.6 Å². The summed E-state index contributed by atoms with van der Waals surface area (Å²) < 4.78 is 65.4. The normalized spacial score (nSPS) is 18.4. The number of carboxylic acids is 1. The molecule has 2 rings (SSSR count). The Labute approximate surface area is 151 Å². The first-order valence-electron chi connectivity index (χ1n) is 7.29. The molecule has 1 aliphatic rings. The van der Waals surface area contributed by atoms with Gasteiger partial charge in [0.15, 0.2) is 0 Å². The maximum Gasteiger partial charge on any atom is 0.417 e. The van der Waals surface area contributed by atoms with E-state index in [1.807, 2.05) is 4.72 Å². The third-order valence-corrected chi connectivity index (χ3v) is 5.51. The smallest absolute Gasteiger partial charge is 0.417 e. The molecule has 26 heavy (non-hydrogen) atoms. The Kier molecular flexibility index (Phi) is 5.83. The molecular weight excluding hydrogens is 401 g/mol. The van der Waals surface area contributed by atoms with Crippen molar-refractivity contribution in [1.82, 2.24) is 9.62 Å². The largest absolute Gasteiger partial charge is 0.481 e. The zero-order valence-corrected chi connectivity index (χ0v) is 14.7. The average Bonchev–Trinajstić information content (AvgIpc) is 2.87. The van der Waals surface area contributed by atoms with E-state index < -0.39 is 44.5 Å². The number of rotatable bonds is 6. The second-order valence-electron chi connectivity index (χ2n) is 5.62. The van der Waals surface area contributed by atoms with Crippen molar-refractivity contribution in [3.05, 3.63) is 28.8 Å². The van der Waals surface area contributed by atoms with E-state index in [0.717, 1.165) is 11.0 Å². The first-order chi connectivity index (χ1) is 11.9. The summed E-state index contributed by atoms with van der Waals surface area (Å²) in [6.45, 7) is -0.616. The number of halogens is 4. The van der Waals surface area contributed by atoms with Crippen molar-refractivity contribution in [3.63, 3.8) is 0 Å². The van der Waals surface area contributed by atoms with E-state index in [-0.39, 0.29) is 31.1 Å². The van der Waals surface area contributed by atoms with Crippen LogP contribution in [0.2, 0.25) is 5.02 Å². The highest BCUT2D eigenvalue weighted by molar-refractivity contribution is 7.89. The molecule has 0 spiro atoms. The van der Waals surface area contributed by atoms with Gasteiger partial charge in [-0.3, -0.25) is 9.59 Å². The maximum atomic E-state index is 13.0. The third-order valence-electron chi connectivity index (χ3n) is 3.78. The molecule has 1 fully saturated rings. The van der Waals surface area contributed by atoms with Gasteiger partial charge in [0.25, 0.3) is 0 Å². The SMILES string of the molecule is O=C(O)C1CC(=O)N(CCNS(=O)(=O)c2cc(Cl)ccc2C(F)(F)F)C1. The van der Waals surface area contributed by atoms with Gasteiger partial charge < -0.3 is 10.0 Å². The summed E-state index contributed by atoms with van der Waals surface area (Å²) in [6.07, 6.45) is -5.09. The average molecular weight is 415 g/mol. The lowest BCUT2D eigenvalue weighted by atomic mass is 10.1. The molecule has 2 N–H and O–H groups in total. The monoisotopic (exact) mass is 414 g/mol. The van der Waals surface area contributed by atoms with Gasteiger partial charge in [-0.15, -0.1) is 0 Å². The summed E-state index contributed by atoms with van der Waals surface area (Å²) in [5.74, 6) is -2.49. The van der Waals surface area contributed by atoms with Gasteiger partial charge in [-0.1, -0.05) is 11.6 Å². The lowest BCUT2D eigenvalue weighted by Gasteiger charge is -2.18. The van der Waals surface area contributed by atoms with E-state index in [1.54, 1.807) is 0 Å². The molecule has 1 atom stereocenters. The maximum absolute atomic E-state index is 13.0. The Morgan fingerprint density at radius 1 is 1.38 bits per heavy atom. The molecule has 0 aliphatic carbocycles. The Morgan fingerprint density at radius 3 is 2.58 bits per heavy atom. The Morgan fingerprint density at radius 2 is 2.04 bits per heavy atom. The molecule has 0 aromatic heterocycles. The van der Waals surface area contributed by atoms with Crippen molar-refractivity contribution >= 4 is 33.5 Å². The quantitative estimate of drug-likeness (QED) is 0.735. The summed E-state index contributed by atoms with van der Waals surface area (Å²) in [4.78, 5) is 22.7. The number of hydrogen-bond acceptors (Lipinski definition) is 4. The number of benzene rings is 1. The van der Waals surface area contributed by atoms with E-state index >= 15 is 0 Å². The van der Waals surface area contributed by atoms with E-state index in [0.29, 0.717) is 12.1 Å². The molecule has 0 radical (unpaired) electrons. The summed E-state index contributed by atoms with van der Waals surface area (Å²) in [5.41, 5.74) is -1.36. The van der Waals surface area contributed by atoms with E-state index in [1.165, 1.54) is 0 Å². The highest BCUT2D eigenvalue weighted by Gasteiger charge is 2.38. The van der Waals surface area contributed by atoms with Crippen LogP contribution in [0.25, 0.3) is 0 Å². The number of nitrogens with zero attached hydrogens (tertiary/aromatic N) is 1. The lowest BCUT2D eigenvalue weighted by Crippen LogP contribution is -2.36. The lowest BCUT2D eigenvalue weighted by molar-refractivity contribution is -0.141. The van der Waals surface area contributed by atoms with Gasteiger partial charge in [-0.2, -0.15) is 13.2 Å². The predicted molar refractivity (Wildman–Crippen MR) is 84.0 cm³/mol. The van der Waals surface area contributed by atoms with Gasteiger partial charge in [-0.25, -0.2) is 13.1 Å². The van der Waals surface area contributed by atoms with Crippen molar-refractivity contribution in [1.29, 1.82) is 0 Å². The van der Waals surface area contributed by atoms with Crippen LogP contribution >= 0.6 is 11.6 Å². The zero-order chi connectivity index (χ0) is 19.7. The first-order valence-corrected chi connectivity index (χ1v) is 9.15. The van der Waals surface area contributed by atoms with Gasteiger partial charge in [0.1, 0.15) is 0 Å². The minimum Gasteiger partial charge on any atom is -0.481 e. The fourth-order valence-electron chi connectivity index (χ4n) is 2.50. The number of carboxylic acid groups (broad SMARTS) is 1. The summed E-state index contributed by atoms with van der Waals surface area (Å²) >= 11 is 5.61. The van der Waals surface area contributed by atoms with Crippen LogP contribution in [-0.4, -0.2) is 49.9 Å². The van der Waals surface area contributed by atoms with Crippen molar-refractivity contribution in [2.24, 2.45) is 5.92 Å². The topological polar surface area (TPSA) is 104 Å².